The first kappa shape index (κ1) is 26.3. The maximum Gasteiger partial charge on any atom is 0.341 e. The highest BCUT2D eigenvalue weighted by Gasteiger charge is 2.31. The van der Waals surface area contributed by atoms with Crippen LogP contribution in [0, 0.1) is 10.8 Å². The average molecular weight is 459 g/mol. The van der Waals surface area contributed by atoms with Crippen molar-refractivity contribution in [1.29, 1.82) is 0 Å². The number of rotatable bonds is 5. The number of carbonyl (C=O) groups is 1. The Morgan fingerprint density at radius 2 is 1.41 bits per heavy atom. The molecule has 32 heavy (non-hydrogen) atoms. The second kappa shape index (κ2) is 9.52. The number of nitrogens with two attached hydrogens (primary N) is 1. The van der Waals surface area contributed by atoms with Gasteiger partial charge in [0.2, 0.25) is 0 Å². The van der Waals surface area contributed by atoms with E-state index in [-0.39, 0.29) is 23.3 Å². The number of ether oxygens (including phenoxy) is 1. The molecular formula is C27H39ClN2O2. The SMILES string of the molecule is CC(C)(C)Cc1nc(CC(C)(C)C)c(C(=O)OC(C)(C)C)c(-c2ccc(Cl)cc2)c1CN. The summed E-state index contributed by atoms with van der Waals surface area (Å²) in [5.41, 5.74) is 10.4. The molecule has 4 nitrogen and oxygen atoms in total. The van der Waals surface area contributed by atoms with Gasteiger partial charge in [-0.25, -0.2) is 4.79 Å². The number of nitrogens with zero attached hydrogens (tertiary/aromatic N) is 1. The highest BCUT2D eigenvalue weighted by atomic mass is 35.5. The first-order chi connectivity index (χ1) is 14.5. The molecule has 0 aliphatic carbocycles. The molecule has 0 fully saturated rings. The number of benzene rings is 1. The summed E-state index contributed by atoms with van der Waals surface area (Å²) in [4.78, 5) is 18.6. The molecule has 2 N–H and O–H groups in total. The van der Waals surface area contributed by atoms with Gasteiger partial charge in [0.1, 0.15) is 5.60 Å². The van der Waals surface area contributed by atoms with Crippen LogP contribution in [-0.4, -0.2) is 16.6 Å². The Morgan fingerprint density at radius 1 is 0.906 bits per heavy atom. The molecule has 0 aliphatic rings. The zero-order valence-electron chi connectivity index (χ0n) is 21.1. The lowest BCUT2D eigenvalue weighted by Crippen LogP contribution is -2.28. The minimum Gasteiger partial charge on any atom is -0.456 e. The first-order valence-corrected chi connectivity index (χ1v) is 11.6. The van der Waals surface area contributed by atoms with E-state index in [4.69, 9.17) is 27.1 Å². The lowest BCUT2D eigenvalue weighted by molar-refractivity contribution is 0.00682. The molecule has 0 amide bonds. The molecule has 176 valence electrons. The van der Waals surface area contributed by atoms with Crippen molar-refractivity contribution in [2.45, 2.75) is 87.3 Å². The van der Waals surface area contributed by atoms with Crippen LogP contribution in [0.3, 0.4) is 0 Å². The molecule has 1 heterocycles. The van der Waals surface area contributed by atoms with Crippen LogP contribution in [0.2, 0.25) is 5.02 Å². The summed E-state index contributed by atoms with van der Waals surface area (Å²) in [6.45, 7) is 18.9. The van der Waals surface area contributed by atoms with Crippen LogP contribution in [0.15, 0.2) is 24.3 Å². The smallest absolute Gasteiger partial charge is 0.341 e. The second-order valence-electron chi connectivity index (χ2n) is 11.9. The third-order valence-corrected chi connectivity index (χ3v) is 5.05. The Labute approximate surface area is 198 Å². The zero-order chi connectivity index (χ0) is 24.5. The van der Waals surface area contributed by atoms with Crippen LogP contribution in [-0.2, 0) is 24.1 Å². The first-order valence-electron chi connectivity index (χ1n) is 11.2. The van der Waals surface area contributed by atoms with E-state index in [1.807, 2.05) is 45.0 Å². The number of aromatic nitrogens is 1. The van der Waals surface area contributed by atoms with Crippen molar-refractivity contribution < 1.29 is 9.53 Å². The van der Waals surface area contributed by atoms with E-state index >= 15 is 0 Å². The zero-order valence-corrected chi connectivity index (χ0v) is 21.9. The Morgan fingerprint density at radius 3 is 1.84 bits per heavy atom. The van der Waals surface area contributed by atoms with Crippen molar-refractivity contribution in [3.05, 3.63) is 51.8 Å². The van der Waals surface area contributed by atoms with Crippen molar-refractivity contribution in [3.8, 4) is 11.1 Å². The molecule has 0 saturated carbocycles. The van der Waals surface area contributed by atoms with Crippen LogP contribution in [0.1, 0.15) is 89.6 Å². The third-order valence-electron chi connectivity index (χ3n) is 4.79. The van der Waals surface area contributed by atoms with Gasteiger partial charge in [0.25, 0.3) is 0 Å². The van der Waals surface area contributed by atoms with Crippen LogP contribution < -0.4 is 5.73 Å². The van der Waals surface area contributed by atoms with Crippen molar-refractivity contribution in [1.82, 2.24) is 4.98 Å². The van der Waals surface area contributed by atoms with Crippen molar-refractivity contribution in [3.63, 3.8) is 0 Å². The predicted octanol–water partition coefficient (Wildman–Crippen LogP) is 6.99. The van der Waals surface area contributed by atoms with Crippen LogP contribution in [0.25, 0.3) is 11.1 Å². The number of halogens is 1. The summed E-state index contributed by atoms with van der Waals surface area (Å²) in [7, 11) is 0. The van der Waals surface area contributed by atoms with E-state index < -0.39 is 5.60 Å². The van der Waals surface area contributed by atoms with Gasteiger partial charge in [0, 0.05) is 22.8 Å². The largest absolute Gasteiger partial charge is 0.456 e. The number of hydrogen-bond donors (Lipinski definition) is 1. The minimum atomic E-state index is -0.625. The van der Waals surface area contributed by atoms with E-state index in [2.05, 4.69) is 41.5 Å². The second-order valence-corrected chi connectivity index (χ2v) is 12.4. The number of esters is 1. The maximum atomic E-state index is 13.6. The van der Waals surface area contributed by atoms with E-state index in [0.717, 1.165) is 34.5 Å². The Hall–Kier alpha value is -1.91. The third kappa shape index (κ3) is 7.31. The summed E-state index contributed by atoms with van der Waals surface area (Å²) in [5, 5.41) is 0.640. The van der Waals surface area contributed by atoms with Gasteiger partial charge in [0.05, 0.1) is 11.3 Å². The Bertz CT molecular complexity index is 960. The molecule has 2 rings (SSSR count). The molecule has 0 saturated heterocycles. The van der Waals surface area contributed by atoms with Crippen molar-refractivity contribution in [2.24, 2.45) is 16.6 Å². The molecule has 0 atom stereocenters. The molecule has 2 aromatic rings. The molecule has 0 spiro atoms. The highest BCUT2D eigenvalue weighted by molar-refractivity contribution is 6.30. The topological polar surface area (TPSA) is 65.2 Å². The van der Waals surface area contributed by atoms with Crippen LogP contribution in [0.4, 0.5) is 0 Å². The number of hydrogen-bond acceptors (Lipinski definition) is 4. The van der Waals surface area contributed by atoms with Gasteiger partial charge in [0.15, 0.2) is 0 Å². The van der Waals surface area contributed by atoms with Crippen molar-refractivity contribution in [2.75, 3.05) is 0 Å². The fourth-order valence-electron chi connectivity index (χ4n) is 3.71. The predicted molar refractivity (Wildman–Crippen MR) is 134 cm³/mol. The summed E-state index contributed by atoms with van der Waals surface area (Å²) < 4.78 is 5.86. The summed E-state index contributed by atoms with van der Waals surface area (Å²) in [6.07, 6.45) is 1.40. The Kier molecular flexibility index (Phi) is 7.84. The highest BCUT2D eigenvalue weighted by Crippen LogP contribution is 2.37. The molecule has 0 aliphatic heterocycles. The molecule has 1 aromatic carbocycles. The Balaban J connectivity index is 2.95. The lowest BCUT2D eigenvalue weighted by atomic mass is 9.82. The van der Waals surface area contributed by atoms with Gasteiger partial charge in [-0.15, -0.1) is 0 Å². The molecular weight excluding hydrogens is 420 g/mol. The number of pyridine rings is 1. The monoisotopic (exact) mass is 458 g/mol. The fourth-order valence-corrected chi connectivity index (χ4v) is 3.83. The van der Waals surface area contributed by atoms with Crippen molar-refractivity contribution >= 4 is 17.6 Å². The lowest BCUT2D eigenvalue weighted by Gasteiger charge is -2.28. The molecule has 0 radical (unpaired) electrons. The fraction of sp³-hybridized carbons (Fsp3) is 0.556. The van der Waals surface area contributed by atoms with E-state index in [9.17, 15) is 4.79 Å². The quantitative estimate of drug-likeness (QED) is 0.490. The average Bonchev–Trinajstić information content (AvgIpc) is 2.57. The summed E-state index contributed by atoms with van der Waals surface area (Å²) >= 11 is 6.17. The molecule has 1 aromatic heterocycles. The van der Waals surface area contributed by atoms with Gasteiger partial charge in [-0.05, 0) is 67.7 Å². The van der Waals surface area contributed by atoms with Crippen LogP contribution >= 0.6 is 11.6 Å². The van der Waals surface area contributed by atoms with E-state index in [0.29, 0.717) is 17.0 Å². The normalized spacial score (nSPS) is 12.7. The molecule has 0 bridgehead atoms. The molecule has 5 heteroatoms. The van der Waals surface area contributed by atoms with Gasteiger partial charge in [-0.1, -0.05) is 65.3 Å². The minimum absolute atomic E-state index is 0.0145. The number of carbonyl (C=O) groups excluding carboxylic acids is 1. The maximum absolute atomic E-state index is 13.6. The van der Waals surface area contributed by atoms with Gasteiger partial charge in [-0.2, -0.15) is 0 Å². The van der Waals surface area contributed by atoms with Crippen LogP contribution in [0.5, 0.6) is 0 Å². The standard InChI is InChI=1S/C27H39ClN2O2/c1-25(2,3)14-20-19(16-29)22(17-10-12-18(28)13-11-17)23(24(31)32-27(7,8)9)21(30-20)15-26(4,5)6/h10-13H,14-16,29H2,1-9H3. The van der Waals surface area contributed by atoms with E-state index in [1.54, 1.807) is 0 Å². The van der Waals surface area contributed by atoms with Gasteiger partial charge < -0.3 is 10.5 Å². The van der Waals surface area contributed by atoms with E-state index in [1.165, 1.54) is 0 Å². The summed E-state index contributed by atoms with van der Waals surface area (Å²) in [6, 6.07) is 7.55. The summed E-state index contributed by atoms with van der Waals surface area (Å²) in [5.74, 6) is -0.369. The van der Waals surface area contributed by atoms with Gasteiger partial charge in [-0.3, -0.25) is 4.98 Å². The molecule has 0 unspecified atom stereocenters. The van der Waals surface area contributed by atoms with Gasteiger partial charge >= 0.3 is 5.97 Å².